The van der Waals surface area contributed by atoms with Gasteiger partial charge in [-0.2, -0.15) is 0 Å². The average molecular weight is 597 g/mol. The Hall–Kier alpha value is -6.18. The molecule has 0 amide bonds. The maximum absolute atomic E-state index is 6.66. The minimum absolute atomic E-state index is 0.901. The number of para-hydroxylation sites is 1. The quantitative estimate of drug-likeness (QED) is 0.185. The molecule has 0 saturated carbocycles. The van der Waals surface area contributed by atoms with Crippen molar-refractivity contribution < 1.29 is 4.42 Å². The largest absolute Gasteiger partial charge is 0.455 e. The van der Waals surface area contributed by atoms with Crippen LogP contribution in [0.25, 0.3) is 98.4 Å². The number of fused-ring (bicyclic) bond motifs is 7. The van der Waals surface area contributed by atoms with Gasteiger partial charge in [-0.3, -0.25) is 0 Å². The van der Waals surface area contributed by atoms with Gasteiger partial charge in [0.15, 0.2) is 0 Å². The number of benzene rings is 9. The first-order valence-corrected chi connectivity index (χ1v) is 16.2. The van der Waals surface area contributed by atoms with Gasteiger partial charge in [0.05, 0.1) is 0 Å². The summed E-state index contributed by atoms with van der Waals surface area (Å²) in [5.41, 5.74) is 9.09. The lowest BCUT2D eigenvalue weighted by Crippen LogP contribution is -1.91. The molecule has 1 heterocycles. The number of rotatable bonds is 3. The van der Waals surface area contributed by atoms with Crippen molar-refractivity contribution in [2.75, 3.05) is 0 Å². The fourth-order valence-corrected chi connectivity index (χ4v) is 7.72. The number of hydrogen-bond donors (Lipinski definition) is 0. The van der Waals surface area contributed by atoms with Crippen molar-refractivity contribution >= 4 is 65.0 Å². The number of furan rings is 1. The van der Waals surface area contributed by atoms with E-state index in [2.05, 4.69) is 170 Å². The monoisotopic (exact) mass is 596 g/mol. The SMILES string of the molecule is c1ccc2cc(-c3c4ccccc4c(-c4ccc5oc6c(-c7cccc8ccccc78)cccc6c5c4)c4ccccc34)ccc2c1. The molecule has 10 aromatic rings. The molecule has 0 saturated heterocycles. The molecule has 1 aromatic heterocycles. The number of hydrogen-bond acceptors (Lipinski definition) is 1. The van der Waals surface area contributed by atoms with E-state index in [0.717, 1.165) is 27.5 Å². The van der Waals surface area contributed by atoms with Crippen LogP contribution in [-0.4, -0.2) is 0 Å². The van der Waals surface area contributed by atoms with Crippen LogP contribution in [0.3, 0.4) is 0 Å². The topological polar surface area (TPSA) is 13.1 Å². The van der Waals surface area contributed by atoms with E-state index in [1.54, 1.807) is 0 Å². The Kier molecular flexibility index (Phi) is 5.64. The highest BCUT2D eigenvalue weighted by Gasteiger charge is 2.19. The van der Waals surface area contributed by atoms with Gasteiger partial charge >= 0.3 is 0 Å². The highest BCUT2D eigenvalue weighted by atomic mass is 16.3. The third-order valence-electron chi connectivity index (χ3n) is 9.83. The van der Waals surface area contributed by atoms with Crippen molar-refractivity contribution in [1.29, 1.82) is 0 Å². The fourth-order valence-electron chi connectivity index (χ4n) is 7.72. The molecule has 0 aliphatic carbocycles. The summed E-state index contributed by atoms with van der Waals surface area (Å²) in [6.07, 6.45) is 0. The zero-order chi connectivity index (χ0) is 30.9. The molecule has 0 aliphatic rings. The molecule has 0 N–H and O–H groups in total. The summed E-state index contributed by atoms with van der Waals surface area (Å²) in [7, 11) is 0. The lowest BCUT2D eigenvalue weighted by Gasteiger charge is -2.18. The van der Waals surface area contributed by atoms with Crippen molar-refractivity contribution in [2.24, 2.45) is 0 Å². The summed E-state index contributed by atoms with van der Waals surface area (Å²) in [5, 5.41) is 12.2. The van der Waals surface area contributed by atoms with Crippen molar-refractivity contribution in [3.05, 3.63) is 170 Å². The molecule has 0 fully saturated rings. The van der Waals surface area contributed by atoms with Gasteiger partial charge < -0.3 is 4.42 Å². The van der Waals surface area contributed by atoms with Crippen LogP contribution in [0, 0.1) is 0 Å². The zero-order valence-electron chi connectivity index (χ0n) is 25.6. The third kappa shape index (κ3) is 3.97. The maximum Gasteiger partial charge on any atom is 0.143 e. The van der Waals surface area contributed by atoms with Gasteiger partial charge in [0, 0.05) is 16.3 Å². The highest BCUT2D eigenvalue weighted by molar-refractivity contribution is 6.22. The van der Waals surface area contributed by atoms with E-state index in [9.17, 15) is 0 Å². The minimum atomic E-state index is 0.901. The minimum Gasteiger partial charge on any atom is -0.455 e. The predicted octanol–water partition coefficient (Wildman–Crippen LogP) is 13.2. The van der Waals surface area contributed by atoms with Crippen LogP contribution < -0.4 is 0 Å². The molecule has 0 aliphatic heterocycles. The summed E-state index contributed by atoms with van der Waals surface area (Å²) in [6, 6.07) is 61.5. The van der Waals surface area contributed by atoms with E-state index < -0.39 is 0 Å². The molecule has 47 heavy (non-hydrogen) atoms. The second-order valence-corrected chi connectivity index (χ2v) is 12.4. The van der Waals surface area contributed by atoms with Crippen LogP contribution in [-0.2, 0) is 0 Å². The van der Waals surface area contributed by atoms with Crippen molar-refractivity contribution in [3.63, 3.8) is 0 Å². The molecule has 1 nitrogen and oxygen atoms in total. The summed E-state index contributed by atoms with van der Waals surface area (Å²) >= 11 is 0. The van der Waals surface area contributed by atoms with Crippen LogP contribution in [0.5, 0.6) is 0 Å². The first kappa shape index (κ1) is 26.1. The first-order chi connectivity index (χ1) is 23.3. The molecule has 0 spiro atoms. The first-order valence-electron chi connectivity index (χ1n) is 16.2. The Morgan fingerprint density at radius 1 is 0.298 bits per heavy atom. The predicted molar refractivity (Wildman–Crippen MR) is 200 cm³/mol. The molecular weight excluding hydrogens is 569 g/mol. The van der Waals surface area contributed by atoms with Crippen LogP contribution >= 0.6 is 0 Å². The molecule has 0 unspecified atom stereocenters. The zero-order valence-corrected chi connectivity index (χ0v) is 25.6. The standard InChI is InChI=1S/C46H28O/c1-2-13-31-27-32(24-23-29(31)11-1)44-36-16-5-7-18-38(36)45(39-19-8-6-17-37(39)44)33-25-26-43-42(28-33)41-22-10-21-40(46(41)47-43)35-20-9-14-30-12-3-4-15-34(30)35/h1-28H. The van der Waals surface area contributed by atoms with E-state index in [1.807, 2.05) is 0 Å². The fraction of sp³-hybridized carbons (Fsp3) is 0. The molecule has 1 heteroatoms. The van der Waals surface area contributed by atoms with E-state index in [1.165, 1.54) is 70.9 Å². The maximum atomic E-state index is 6.66. The molecule has 0 atom stereocenters. The van der Waals surface area contributed by atoms with Gasteiger partial charge in [0.25, 0.3) is 0 Å². The summed E-state index contributed by atoms with van der Waals surface area (Å²) in [4.78, 5) is 0. The smallest absolute Gasteiger partial charge is 0.143 e. The van der Waals surface area contributed by atoms with Gasteiger partial charge in [-0.15, -0.1) is 0 Å². The van der Waals surface area contributed by atoms with E-state index in [4.69, 9.17) is 4.42 Å². The third-order valence-corrected chi connectivity index (χ3v) is 9.83. The highest BCUT2D eigenvalue weighted by Crippen LogP contribution is 2.46. The van der Waals surface area contributed by atoms with E-state index in [-0.39, 0.29) is 0 Å². The second kappa shape index (κ2) is 10.2. The molecule has 10 rings (SSSR count). The van der Waals surface area contributed by atoms with Crippen molar-refractivity contribution in [3.8, 4) is 33.4 Å². The molecular formula is C46H28O. The van der Waals surface area contributed by atoms with Crippen molar-refractivity contribution in [1.82, 2.24) is 0 Å². The Labute approximate surface area is 271 Å². The summed E-state index contributed by atoms with van der Waals surface area (Å²) < 4.78 is 6.66. The Morgan fingerprint density at radius 2 is 0.809 bits per heavy atom. The van der Waals surface area contributed by atoms with Gasteiger partial charge in [0.2, 0.25) is 0 Å². The Balaban J connectivity index is 1.23. The van der Waals surface area contributed by atoms with Gasteiger partial charge in [-0.05, 0) is 89.1 Å². The van der Waals surface area contributed by atoms with E-state index >= 15 is 0 Å². The Bertz CT molecular complexity index is 2790. The summed E-state index contributed by atoms with van der Waals surface area (Å²) in [5.74, 6) is 0. The lowest BCUT2D eigenvalue weighted by molar-refractivity contribution is 0.670. The molecule has 218 valence electrons. The van der Waals surface area contributed by atoms with Crippen LogP contribution in [0.4, 0.5) is 0 Å². The molecule has 9 aromatic carbocycles. The lowest BCUT2D eigenvalue weighted by atomic mass is 9.85. The van der Waals surface area contributed by atoms with Gasteiger partial charge in [-0.25, -0.2) is 0 Å². The molecule has 0 radical (unpaired) electrons. The van der Waals surface area contributed by atoms with Crippen LogP contribution in [0.15, 0.2) is 174 Å². The summed E-state index contributed by atoms with van der Waals surface area (Å²) in [6.45, 7) is 0. The van der Waals surface area contributed by atoms with E-state index in [0.29, 0.717) is 0 Å². The van der Waals surface area contributed by atoms with Crippen LogP contribution in [0.2, 0.25) is 0 Å². The van der Waals surface area contributed by atoms with Gasteiger partial charge in [0.1, 0.15) is 11.2 Å². The van der Waals surface area contributed by atoms with Crippen molar-refractivity contribution in [2.45, 2.75) is 0 Å². The Morgan fingerprint density at radius 3 is 1.53 bits per heavy atom. The van der Waals surface area contributed by atoms with Crippen LogP contribution in [0.1, 0.15) is 0 Å². The second-order valence-electron chi connectivity index (χ2n) is 12.4. The molecule has 0 bridgehead atoms. The van der Waals surface area contributed by atoms with Gasteiger partial charge in [-0.1, -0.05) is 152 Å². The average Bonchev–Trinajstić information content (AvgIpc) is 3.51. The normalized spacial score (nSPS) is 11.8.